The molecule has 4 amide bonds. The minimum atomic E-state index is -1.32. The number of hydrogen-bond acceptors (Lipinski definition) is 5. The Morgan fingerprint density at radius 2 is 2.00 bits per heavy atom. The molecule has 9 nitrogen and oxygen atoms in total. The monoisotopic (exact) mass is 288 g/mol. The summed E-state index contributed by atoms with van der Waals surface area (Å²) in [7, 11) is 0. The number of quaternary nitrogens is 1. The molecule has 0 saturated carbocycles. The van der Waals surface area contributed by atoms with Gasteiger partial charge in [0.1, 0.15) is 12.1 Å². The number of carboxylic acids is 1. The molecule has 1 fully saturated rings. The normalized spacial score (nSPS) is 22.4. The third-order valence-electron chi connectivity index (χ3n) is 2.55. The van der Waals surface area contributed by atoms with Crippen LogP contribution in [0.15, 0.2) is 0 Å². The summed E-state index contributed by atoms with van der Waals surface area (Å²) in [6.45, 7) is 3.50. The molecule has 0 spiro atoms. The number of rotatable bonds is 4. The minimum absolute atomic E-state index is 0.262. The van der Waals surface area contributed by atoms with E-state index in [1.54, 1.807) is 20.8 Å². The molecule has 0 aromatic rings. The van der Waals surface area contributed by atoms with Crippen LogP contribution in [0, 0.1) is 0 Å². The van der Waals surface area contributed by atoms with E-state index in [0.717, 1.165) is 0 Å². The zero-order valence-corrected chi connectivity index (χ0v) is 11.6. The number of hydrogen-bond donors (Lipinski definition) is 3. The molecule has 3 N–H and O–H groups in total. The average molecular weight is 288 g/mol. The highest BCUT2D eigenvalue weighted by atomic mass is 16.6. The zero-order chi connectivity index (χ0) is 15.6. The Morgan fingerprint density at radius 1 is 1.40 bits per heavy atom. The second-order valence-corrected chi connectivity index (χ2v) is 5.41. The summed E-state index contributed by atoms with van der Waals surface area (Å²) < 4.78 is 3.96. The van der Waals surface area contributed by atoms with E-state index in [1.807, 2.05) is 0 Å². The van der Waals surface area contributed by atoms with Crippen LogP contribution in [0.25, 0.3) is 0 Å². The maximum atomic E-state index is 11.8. The number of alkyl carbamates (subject to hydrolysis) is 1. The Balaban J connectivity index is 2.77. The highest BCUT2D eigenvalue weighted by molar-refractivity contribution is 5.94. The molecule has 0 bridgehead atoms. The predicted molar refractivity (Wildman–Crippen MR) is 65.4 cm³/mol. The van der Waals surface area contributed by atoms with E-state index in [-0.39, 0.29) is 6.54 Å². The van der Waals surface area contributed by atoms with Gasteiger partial charge in [0.15, 0.2) is 13.2 Å². The van der Waals surface area contributed by atoms with Gasteiger partial charge in [0.25, 0.3) is 0 Å². The molecular weight excluding hydrogens is 270 g/mol. The molecule has 0 aromatic heterocycles. The summed E-state index contributed by atoms with van der Waals surface area (Å²) in [5.74, 6) is -1.94. The van der Waals surface area contributed by atoms with Gasteiger partial charge >= 0.3 is 24.0 Å². The van der Waals surface area contributed by atoms with E-state index in [0.29, 0.717) is 0 Å². The Morgan fingerprint density at radius 3 is 2.40 bits per heavy atom. The molecule has 1 aliphatic rings. The van der Waals surface area contributed by atoms with E-state index in [2.05, 4.69) is 10.6 Å². The highest BCUT2D eigenvalue weighted by Gasteiger charge is 2.52. The topological polar surface area (TPSA) is 122 Å². The third-order valence-corrected chi connectivity index (χ3v) is 2.55. The first-order valence-corrected chi connectivity index (χ1v) is 5.94. The third kappa shape index (κ3) is 3.67. The summed E-state index contributed by atoms with van der Waals surface area (Å²) in [6, 6.07) is -0.756. The molecular formula is C11H18N3O6+. The van der Waals surface area contributed by atoms with Crippen molar-refractivity contribution in [2.75, 3.05) is 19.8 Å². The number of imide groups is 1. The Kier molecular flexibility index (Phi) is 4.33. The van der Waals surface area contributed by atoms with Gasteiger partial charge in [0.05, 0.1) is 0 Å². The van der Waals surface area contributed by atoms with Gasteiger partial charge in [-0.25, -0.2) is 19.2 Å². The lowest BCUT2D eigenvalue weighted by atomic mass is 10.2. The molecule has 0 aliphatic carbocycles. The highest BCUT2D eigenvalue weighted by Crippen LogP contribution is 2.13. The lowest BCUT2D eigenvalue weighted by Gasteiger charge is -2.26. The van der Waals surface area contributed by atoms with E-state index in [9.17, 15) is 19.2 Å². The van der Waals surface area contributed by atoms with Crippen LogP contribution in [-0.4, -0.2) is 58.9 Å². The van der Waals surface area contributed by atoms with Crippen LogP contribution in [0.2, 0.25) is 0 Å². The first-order chi connectivity index (χ1) is 9.07. The van der Waals surface area contributed by atoms with Gasteiger partial charge in [-0.3, -0.25) is 10.6 Å². The summed E-state index contributed by atoms with van der Waals surface area (Å²) in [5.41, 5.74) is -0.737. The van der Waals surface area contributed by atoms with E-state index < -0.39 is 47.3 Å². The molecule has 1 rings (SSSR count). The van der Waals surface area contributed by atoms with Crippen molar-refractivity contribution in [3.05, 3.63) is 0 Å². The number of carbonyl (C=O) groups is 4. The lowest BCUT2D eigenvalue weighted by Crippen LogP contribution is -2.61. The first-order valence-electron chi connectivity index (χ1n) is 5.94. The summed E-state index contributed by atoms with van der Waals surface area (Å²) in [5, 5.41) is 13.4. The van der Waals surface area contributed by atoms with Gasteiger partial charge in [0.2, 0.25) is 0 Å². The van der Waals surface area contributed by atoms with Crippen LogP contribution in [0.1, 0.15) is 20.8 Å². The molecule has 0 radical (unpaired) electrons. The summed E-state index contributed by atoms with van der Waals surface area (Å²) in [6.07, 6.45) is -0.826. The van der Waals surface area contributed by atoms with Crippen molar-refractivity contribution in [1.29, 1.82) is 0 Å². The number of nitrogens with zero attached hydrogens (tertiary/aromatic N) is 1. The predicted octanol–water partition coefficient (Wildman–Crippen LogP) is -0.380. The molecule has 1 saturated heterocycles. The summed E-state index contributed by atoms with van der Waals surface area (Å²) >= 11 is 0. The fraction of sp³-hybridized carbons (Fsp3) is 0.636. The number of ether oxygens (including phenoxy) is 1. The zero-order valence-electron chi connectivity index (χ0n) is 11.6. The molecule has 1 atom stereocenters. The number of carbonyl (C=O) groups excluding carboxylic acids is 3. The summed E-state index contributed by atoms with van der Waals surface area (Å²) in [4.78, 5) is 45.9. The van der Waals surface area contributed by atoms with Crippen LogP contribution < -0.4 is 10.6 Å². The van der Waals surface area contributed by atoms with Gasteiger partial charge in [-0.15, -0.1) is 4.48 Å². The molecule has 1 unspecified atom stereocenters. The number of urea groups is 1. The minimum Gasteiger partial charge on any atom is -0.477 e. The average Bonchev–Trinajstić information content (AvgIpc) is 2.52. The van der Waals surface area contributed by atoms with Gasteiger partial charge in [-0.1, -0.05) is 0 Å². The van der Waals surface area contributed by atoms with Gasteiger partial charge in [0, 0.05) is 0 Å². The number of carboxylic acid groups (broad SMARTS) is 1. The van der Waals surface area contributed by atoms with Gasteiger partial charge in [-0.2, -0.15) is 0 Å². The fourth-order valence-corrected chi connectivity index (χ4v) is 1.69. The Bertz CT molecular complexity index is 438. The van der Waals surface area contributed by atoms with Crippen LogP contribution >= 0.6 is 0 Å². The van der Waals surface area contributed by atoms with Crippen molar-refractivity contribution < 1.29 is 33.5 Å². The van der Waals surface area contributed by atoms with E-state index in [1.165, 1.54) is 0 Å². The quantitative estimate of drug-likeness (QED) is 0.479. The van der Waals surface area contributed by atoms with Crippen LogP contribution in [0.5, 0.6) is 0 Å². The SMILES string of the molecule is CC(C)(C)OC(=O)NC[N+]1(CC(=O)O)C(=O)CNC1=O. The number of aliphatic carboxylic acids is 1. The van der Waals surface area contributed by atoms with Crippen molar-refractivity contribution in [2.24, 2.45) is 0 Å². The number of nitrogens with one attached hydrogen (secondary N) is 2. The van der Waals surface area contributed by atoms with Crippen LogP contribution in [0.4, 0.5) is 9.59 Å². The standard InChI is InChI=1S/C11H17N3O6/c1-11(2,3)20-10(19)13-6-14(5-8(16)17)7(15)4-12-9(14)18/h4-6H2,1-3H3,(H2-,12,13,16,17,18,19)/p+1. The number of amides is 4. The van der Waals surface area contributed by atoms with Crippen LogP contribution in [-0.2, 0) is 14.3 Å². The lowest BCUT2D eigenvalue weighted by molar-refractivity contribution is -0.761. The van der Waals surface area contributed by atoms with Crippen molar-refractivity contribution >= 4 is 24.0 Å². The van der Waals surface area contributed by atoms with Crippen molar-refractivity contribution in [1.82, 2.24) is 10.6 Å². The van der Waals surface area contributed by atoms with Crippen molar-refractivity contribution in [3.8, 4) is 0 Å². The fourth-order valence-electron chi connectivity index (χ4n) is 1.69. The second-order valence-electron chi connectivity index (χ2n) is 5.41. The second kappa shape index (κ2) is 5.45. The van der Waals surface area contributed by atoms with Crippen molar-refractivity contribution in [3.63, 3.8) is 0 Å². The first kappa shape index (κ1) is 15.9. The molecule has 1 heterocycles. The molecule has 9 heteroatoms. The maximum absolute atomic E-state index is 11.8. The Hall–Kier alpha value is -2.16. The smallest absolute Gasteiger partial charge is 0.426 e. The van der Waals surface area contributed by atoms with Gasteiger partial charge < -0.3 is 9.84 Å². The van der Waals surface area contributed by atoms with E-state index in [4.69, 9.17) is 9.84 Å². The Labute approximate surface area is 115 Å². The van der Waals surface area contributed by atoms with E-state index >= 15 is 0 Å². The largest absolute Gasteiger partial charge is 0.477 e. The maximum Gasteiger partial charge on any atom is 0.426 e. The molecule has 112 valence electrons. The van der Waals surface area contributed by atoms with Crippen LogP contribution in [0.3, 0.4) is 0 Å². The molecule has 20 heavy (non-hydrogen) atoms. The molecule has 1 aliphatic heterocycles. The van der Waals surface area contributed by atoms with Gasteiger partial charge in [-0.05, 0) is 20.8 Å². The molecule has 0 aromatic carbocycles. The van der Waals surface area contributed by atoms with Crippen molar-refractivity contribution in [2.45, 2.75) is 26.4 Å².